The lowest BCUT2D eigenvalue weighted by Gasteiger charge is -2.59. The maximum Gasteiger partial charge on any atom is 0.339 e. The second-order valence-electron chi connectivity index (χ2n) is 9.93. The van der Waals surface area contributed by atoms with E-state index in [-0.39, 0.29) is 24.9 Å². The van der Waals surface area contributed by atoms with E-state index in [1.54, 1.807) is 6.07 Å². The van der Waals surface area contributed by atoms with Gasteiger partial charge in [0.1, 0.15) is 18.8 Å². The number of carbonyl (C=O) groups is 3. The van der Waals surface area contributed by atoms with Crippen LogP contribution in [-0.4, -0.2) is 55.4 Å². The molecule has 0 aromatic heterocycles. The van der Waals surface area contributed by atoms with Gasteiger partial charge in [0.25, 0.3) is 0 Å². The lowest BCUT2D eigenvalue weighted by molar-refractivity contribution is -0.197. The van der Waals surface area contributed by atoms with E-state index in [9.17, 15) is 27.4 Å². The molecule has 4 aliphatic rings. The van der Waals surface area contributed by atoms with Gasteiger partial charge in [0.15, 0.2) is 0 Å². The fourth-order valence-electron chi connectivity index (χ4n) is 6.20. The van der Waals surface area contributed by atoms with Crippen molar-refractivity contribution in [1.29, 1.82) is 0 Å². The van der Waals surface area contributed by atoms with Crippen LogP contribution in [0.15, 0.2) is 25.6 Å². The molecule has 1 aromatic carbocycles. The number of hydrogen-bond acceptors (Lipinski definition) is 9. The fraction of sp³-hybridized carbons (Fsp3) is 0.609. The van der Waals surface area contributed by atoms with Crippen LogP contribution < -0.4 is 0 Å². The minimum atomic E-state index is -4.47. The Morgan fingerprint density at radius 3 is 2.31 bits per heavy atom. The third-order valence-electron chi connectivity index (χ3n) is 7.10. The number of halogens is 3. The normalized spacial score (nSPS) is 28.6. The molecular weight excluding hydrogens is 692 g/mol. The Morgan fingerprint density at radius 2 is 1.67 bits per heavy atom. The van der Waals surface area contributed by atoms with Crippen molar-refractivity contribution in [2.75, 3.05) is 19.0 Å². The zero-order valence-corrected chi connectivity index (χ0v) is 24.7. The average molecular weight is 716 g/mol. The summed E-state index contributed by atoms with van der Waals surface area (Å²) in [4.78, 5) is 38.2. The van der Waals surface area contributed by atoms with Crippen LogP contribution in [0.3, 0.4) is 0 Å². The van der Waals surface area contributed by atoms with Crippen molar-refractivity contribution < 1.29 is 41.6 Å². The van der Waals surface area contributed by atoms with Crippen LogP contribution in [0.4, 0.5) is 0 Å². The number of benzene rings is 1. The van der Waals surface area contributed by atoms with Gasteiger partial charge in [0.05, 0.1) is 33.3 Å². The first-order chi connectivity index (χ1) is 16.8. The largest absolute Gasteiger partial charge is 0.748 e. The zero-order valence-electron chi connectivity index (χ0n) is 19.1. The van der Waals surface area contributed by atoms with Gasteiger partial charge in [0, 0.05) is 19.8 Å². The lowest BCUT2D eigenvalue weighted by atomic mass is 9.48. The molecule has 0 aliphatic heterocycles. The number of rotatable bonds is 9. The fourth-order valence-corrected chi connectivity index (χ4v) is 8.11. The molecule has 2 atom stereocenters. The highest BCUT2D eigenvalue weighted by Gasteiger charge is 2.63. The Hall–Kier alpha value is -1.02. The van der Waals surface area contributed by atoms with Crippen LogP contribution in [0, 0.1) is 17.3 Å². The van der Waals surface area contributed by atoms with Gasteiger partial charge in [-0.25, -0.2) is 13.2 Å². The monoisotopic (exact) mass is 713 g/mol. The van der Waals surface area contributed by atoms with Gasteiger partial charge in [-0.3, -0.25) is 9.59 Å². The third-order valence-corrected chi connectivity index (χ3v) is 10.2. The maximum atomic E-state index is 13.2. The summed E-state index contributed by atoms with van der Waals surface area (Å²) in [6.45, 7) is -0.755. The van der Waals surface area contributed by atoms with Crippen LogP contribution >= 0.6 is 47.8 Å². The second-order valence-corrected chi connectivity index (χ2v) is 14.0. The second kappa shape index (κ2) is 10.6. The first-order valence-electron chi connectivity index (χ1n) is 11.4. The van der Waals surface area contributed by atoms with Crippen LogP contribution in [-0.2, 0) is 33.9 Å². The summed E-state index contributed by atoms with van der Waals surface area (Å²) in [7, 11) is -4.47. The SMILES string of the molecule is O=C(CCOC(=O)C12CC3CC(CC(OC(=O)c4cc(Br)cc(Br)c4Br)(C3)C1)C2)OCCS(=O)(=O)[O-]. The van der Waals surface area contributed by atoms with E-state index in [2.05, 4.69) is 47.8 Å². The van der Waals surface area contributed by atoms with Gasteiger partial charge in [-0.05, 0) is 87.9 Å². The van der Waals surface area contributed by atoms with E-state index in [0.29, 0.717) is 46.6 Å². The Bertz CT molecular complexity index is 1170. The van der Waals surface area contributed by atoms with Gasteiger partial charge in [-0.1, -0.05) is 15.9 Å². The molecule has 4 fully saturated rings. The Morgan fingerprint density at radius 1 is 1.00 bits per heavy atom. The summed E-state index contributed by atoms with van der Waals surface area (Å²) in [5.41, 5.74) is -1.15. The van der Waals surface area contributed by atoms with Gasteiger partial charge in [-0.15, -0.1) is 0 Å². The van der Waals surface area contributed by atoms with Crippen molar-refractivity contribution in [3.63, 3.8) is 0 Å². The Labute approximate surface area is 234 Å². The molecule has 0 heterocycles. The molecular formula is C23H24Br3O9S-. The quantitative estimate of drug-likeness (QED) is 0.157. The Kier molecular flexibility index (Phi) is 8.26. The standard InChI is InChI=1S/C23H25Br3O9S/c24-15-6-16(19(26)17(25)7-15)20(28)35-23-10-13-5-14(11-23)9-22(8-13,12-23)21(29)34-2-1-18(27)33-3-4-36(30,31)32/h6-7,13-14H,1-5,8-12H2,(H,30,31,32)/p-1. The van der Waals surface area contributed by atoms with Crippen LogP contribution in [0.1, 0.15) is 55.3 Å². The van der Waals surface area contributed by atoms with E-state index < -0.39 is 51.4 Å². The number of ether oxygens (including phenoxy) is 3. The molecule has 4 bridgehead atoms. The van der Waals surface area contributed by atoms with Gasteiger partial charge < -0.3 is 18.8 Å². The first-order valence-corrected chi connectivity index (χ1v) is 15.4. The molecule has 0 saturated heterocycles. The number of hydrogen-bond donors (Lipinski definition) is 0. The summed E-state index contributed by atoms with van der Waals surface area (Å²) in [6, 6.07) is 3.51. The molecule has 0 radical (unpaired) electrons. The van der Waals surface area contributed by atoms with E-state index >= 15 is 0 Å². The molecule has 4 saturated carbocycles. The molecule has 4 aliphatic carbocycles. The van der Waals surface area contributed by atoms with E-state index in [0.717, 1.165) is 10.9 Å². The molecule has 0 amide bonds. The van der Waals surface area contributed by atoms with E-state index in [4.69, 9.17) is 14.2 Å². The van der Waals surface area contributed by atoms with Crippen molar-refractivity contribution in [2.45, 2.75) is 50.5 Å². The Balaban J connectivity index is 1.39. The molecule has 36 heavy (non-hydrogen) atoms. The molecule has 9 nitrogen and oxygen atoms in total. The molecule has 1 aromatic rings. The van der Waals surface area contributed by atoms with Crippen LogP contribution in [0.25, 0.3) is 0 Å². The predicted octanol–water partition coefficient (Wildman–Crippen LogP) is 4.49. The van der Waals surface area contributed by atoms with Crippen molar-refractivity contribution in [3.05, 3.63) is 31.1 Å². The van der Waals surface area contributed by atoms with E-state index in [1.807, 2.05) is 6.07 Å². The van der Waals surface area contributed by atoms with Crippen molar-refractivity contribution in [2.24, 2.45) is 17.3 Å². The first kappa shape index (κ1) is 28.0. The van der Waals surface area contributed by atoms with Crippen LogP contribution in [0.5, 0.6) is 0 Å². The summed E-state index contributed by atoms with van der Waals surface area (Å²) in [5.74, 6) is -1.96. The van der Waals surface area contributed by atoms with Gasteiger partial charge >= 0.3 is 17.9 Å². The molecule has 198 valence electrons. The minimum absolute atomic E-state index is 0.218. The minimum Gasteiger partial charge on any atom is -0.748 e. The molecule has 0 N–H and O–H groups in total. The molecule has 5 rings (SSSR count). The molecule has 0 spiro atoms. The topological polar surface area (TPSA) is 136 Å². The van der Waals surface area contributed by atoms with E-state index in [1.165, 1.54) is 0 Å². The molecule has 2 unspecified atom stereocenters. The highest BCUT2D eigenvalue weighted by atomic mass is 79.9. The van der Waals surface area contributed by atoms with Gasteiger partial charge in [-0.2, -0.15) is 0 Å². The predicted molar refractivity (Wildman–Crippen MR) is 136 cm³/mol. The maximum absolute atomic E-state index is 13.2. The highest BCUT2D eigenvalue weighted by Crippen LogP contribution is 2.63. The number of carbonyl (C=O) groups excluding carboxylic acids is 3. The summed E-state index contributed by atoms with van der Waals surface area (Å²) in [6.07, 6.45) is 3.81. The highest BCUT2D eigenvalue weighted by molar-refractivity contribution is 9.13. The summed E-state index contributed by atoms with van der Waals surface area (Å²) < 4.78 is 50.1. The molecule has 13 heteroatoms. The smallest absolute Gasteiger partial charge is 0.339 e. The zero-order chi connectivity index (χ0) is 26.3. The third kappa shape index (κ3) is 6.33. The lowest BCUT2D eigenvalue weighted by Crippen LogP contribution is -2.60. The van der Waals surface area contributed by atoms with Gasteiger partial charge in [0.2, 0.25) is 0 Å². The van der Waals surface area contributed by atoms with Crippen molar-refractivity contribution in [3.8, 4) is 0 Å². The summed E-state index contributed by atoms with van der Waals surface area (Å²) >= 11 is 10.3. The van der Waals surface area contributed by atoms with Crippen molar-refractivity contribution >= 4 is 75.8 Å². The average Bonchev–Trinajstić information content (AvgIpc) is 2.74. The van der Waals surface area contributed by atoms with Crippen LogP contribution in [0.2, 0.25) is 0 Å². The number of esters is 3. The van der Waals surface area contributed by atoms with Crippen molar-refractivity contribution in [1.82, 2.24) is 0 Å². The summed E-state index contributed by atoms with van der Waals surface area (Å²) in [5, 5.41) is 0.